The predicted molar refractivity (Wildman–Crippen MR) is 118 cm³/mol. The molecule has 0 atom stereocenters. The Labute approximate surface area is 188 Å². The van der Waals surface area contributed by atoms with Crippen molar-refractivity contribution in [2.75, 3.05) is 19.8 Å². The molecule has 1 amide bonds. The quantitative estimate of drug-likeness (QED) is 0.476. The fourth-order valence-electron chi connectivity index (χ4n) is 3.81. The van der Waals surface area contributed by atoms with Crippen LogP contribution in [0.3, 0.4) is 0 Å². The third-order valence-corrected chi connectivity index (χ3v) is 5.39. The van der Waals surface area contributed by atoms with E-state index in [1.54, 1.807) is 6.07 Å². The molecule has 33 heavy (non-hydrogen) atoms. The fraction of sp³-hybridized carbons (Fsp3) is 0.208. The molecule has 1 aliphatic rings. The number of hydrogen-bond donors (Lipinski definition) is 1. The van der Waals surface area contributed by atoms with Gasteiger partial charge in [0.25, 0.3) is 5.91 Å². The highest BCUT2D eigenvalue weighted by Crippen LogP contribution is 2.35. The van der Waals surface area contributed by atoms with Crippen LogP contribution in [-0.2, 0) is 6.42 Å². The molecule has 0 aliphatic carbocycles. The maximum atomic E-state index is 13.1. The van der Waals surface area contributed by atoms with E-state index in [1.165, 1.54) is 12.4 Å². The van der Waals surface area contributed by atoms with Crippen molar-refractivity contribution in [2.24, 2.45) is 0 Å². The Bertz CT molecular complexity index is 1320. The molecule has 0 radical (unpaired) electrons. The van der Waals surface area contributed by atoms with Gasteiger partial charge in [0.15, 0.2) is 11.5 Å². The normalized spacial score (nSPS) is 12.8. The number of carbonyl (C=O) groups excluding carboxylic acids is 1. The lowest BCUT2D eigenvalue weighted by atomic mass is 10.0. The van der Waals surface area contributed by atoms with Crippen molar-refractivity contribution in [1.29, 1.82) is 0 Å². The van der Waals surface area contributed by atoms with E-state index < -0.39 is 6.55 Å². The zero-order valence-corrected chi connectivity index (χ0v) is 17.5. The molecule has 0 spiro atoms. The summed E-state index contributed by atoms with van der Waals surface area (Å²) in [5.74, 6) is 1.20. The van der Waals surface area contributed by atoms with E-state index in [2.05, 4.69) is 10.3 Å². The van der Waals surface area contributed by atoms with Gasteiger partial charge in [0.2, 0.25) is 0 Å². The summed E-state index contributed by atoms with van der Waals surface area (Å²) in [6, 6.07) is 14.6. The third-order valence-electron chi connectivity index (χ3n) is 5.39. The summed E-state index contributed by atoms with van der Waals surface area (Å²) in [5, 5.41) is 3.51. The molecule has 0 unspecified atom stereocenters. The lowest BCUT2D eigenvalue weighted by molar-refractivity contribution is 0.0670. The van der Waals surface area contributed by atoms with Crippen molar-refractivity contribution in [2.45, 2.75) is 13.0 Å². The summed E-state index contributed by atoms with van der Waals surface area (Å²) in [6.07, 6.45) is 2.72. The number of imidazole rings is 1. The van der Waals surface area contributed by atoms with Gasteiger partial charge in [0.1, 0.15) is 19.0 Å². The molecular weight excluding hydrogens is 430 g/mol. The summed E-state index contributed by atoms with van der Waals surface area (Å²) in [4.78, 5) is 21.7. The van der Waals surface area contributed by atoms with Gasteiger partial charge < -0.3 is 14.8 Å². The molecular formula is C24H20F2N4O3. The predicted octanol–water partition coefficient (Wildman–Crippen LogP) is 4.24. The van der Waals surface area contributed by atoms with Crippen molar-refractivity contribution in [3.63, 3.8) is 0 Å². The second-order valence-electron chi connectivity index (χ2n) is 7.46. The number of aromatic nitrogens is 3. The van der Waals surface area contributed by atoms with Gasteiger partial charge in [-0.2, -0.15) is 8.78 Å². The van der Waals surface area contributed by atoms with Gasteiger partial charge in [-0.05, 0) is 30.3 Å². The number of nitrogens with one attached hydrogen (secondary N) is 1. The van der Waals surface area contributed by atoms with Crippen LogP contribution < -0.4 is 14.8 Å². The zero-order chi connectivity index (χ0) is 22.8. The number of halogens is 2. The highest BCUT2D eigenvalue weighted by molar-refractivity contribution is 6.07. The molecule has 0 saturated carbocycles. The van der Waals surface area contributed by atoms with Crippen LogP contribution in [0.2, 0.25) is 0 Å². The Kier molecular flexibility index (Phi) is 5.60. The Morgan fingerprint density at radius 1 is 1.09 bits per heavy atom. The number of rotatable bonds is 6. The number of hydrogen-bond acceptors (Lipinski definition) is 5. The highest BCUT2D eigenvalue weighted by Gasteiger charge is 2.17. The molecule has 7 nitrogen and oxygen atoms in total. The topological polar surface area (TPSA) is 78.3 Å². The van der Waals surface area contributed by atoms with E-state index in [0.717, 1.165) is 10.1 Å². The average molecular weight is 450 g/mol. The standard InChI is InChI=1S/C24H20F2N4O3/c25-24(26)30-10-9-27-22(30)7-8-28-23(31)17-14-19(29-18-4-2-1-3-16(17)18)15-5-6-20-21(13-15)33-12-11-32-20/h1-6,9-10,13-14,24H,7-8,11-12H2,(H,28,31). The van der Waals surface area contributed by atoms with Crippen LogP contribution in [0.1, 0.15) is 22.7 Å². The van der Waals surface area contributed by atoms with Crippen LogP contribution in [0.25, 0.3) is 22.2 Å². The summed E-state index contributed by atoms with van der Waals surface area (Å²) in [7, 11) is 0. The molecule has 2 aromatic heterocycles. The summed E-state index contributed by atoms with van der Waals surface area (Å²) < 4.78 is 38.1. The number of para-hydroxylation sites is 1. The Morgan fingerprint density at radius 2 is 1.91 bits per heavy atom. The minimum atomic E-state index is -2.67. The van der Waals surface area contributed by atoms with Crippen LogP contribution in [0, 0.1) is 0 Å². The van der Waals surface area contributed by atoms with Crippen LogP contribution >= 0.6 is 0 Å². The van der Waals surface area contributed by atoms with E-state index in [4.69, 9.17) is 14.5 Å². The highest BCUT2D eigenvalue weighted by atomic mass is 19.3. The SMILES string of the molecule is O=C(NCCc1nccn1C(F)F)c1cc(-c2ccc3c(c2)OCCO3)nc2ccccc12. The van der Waals surface area contributed by atoms with Crippen molar-refractivity contribution in [3.05, 3.63) is 72.3 Å². The van der Waals surface area contributed by atoms with Crippen LogP contribution in [-0.4, -0.2) is 40.2 Å². The van der Waals surface area contributed by atoms with E-state index in [0.29, 0.717) is 46.9 Å². The summed E-state index contributed by atoms with van der Waals surface area (Å²) in [5.41, 5.74) is 2.52. The average Bonchev–Trinajstić information content (AvgIpc) is 3.32. The Morgan fingerprint density at radius 3 is 2.76 bits per heavy atom. The van der Waals surface area contributed by atoms with Crippen molar-refractivity contribution >= 4 is 16.8 Å². The molecule has 3 heterocycles. The first-order valence-electron chi connectivity index (χ1n) is 10.5. The minimum absolute atomic E-state index is 0.165. The van der Waals surface area contributed by atoms with Crippen molar-refractivity contribution in [3.8, 4) is 22.8 Å². The lowest BCUT2D eigenvalue weighted by Gasteiger charge is -2.19. The molecule has 2 aromatic carbocycles. The molecule has 9 heteroatoms. The van der Waals surface area contributed by atoms with Gasteiger partial charge >= 0.3 is 6.55 Å². The van der Waals surface area contributed by atoms with Crippen molar-refractivity contribution < 1.29 is 23.0 Å². The number of carbonyl (C=O) groups is 1. The molecule has 0 bridgehead atoms. The van der Waals surface area contributed by atoms with Gasteiger partial charge in [0.05, 0.1) is 16.8 Å². The fourth-order valence-corrected chi connectivity index (χ4v) is 3.81. The second-order valence-corrected chi connectivity index (χ2v) is 7.46. The monoisotopic (exact) mass is 450 g/mol. The minimum Gasteiger partial charge on any atom is -0.486 e. The van der Waals surface area contributed by atoms with E-state index in [9.17, 15) is 13.6 Å². The molecule has 4 aromatic rings. The van der Waals surface area contributed by atoms with Crippen molar-refractivity contribution in [1.82, 2.24) is 19.9 Å². The number of nitrogens with zero attached hydrogens (tertiary/aromatic N) is 3. The smallest absolute Gasteiger partial charge is 0.319 e. The first-order chi connectivity index (χ1) is 16.1. The van der Waals surface area contributed by atoms with Crippen LogP contribution in [0.15, 0.2) is 60.9 Å². The number of pyridine rings is 1. The lowest BCUT2D eigenvalue weighted by Crippen LogP contribution is -2.27. The number of ether oxygens (including phenoxy) is 2. The number of amides is 1. The largest absolute Gasteiger partial charge is 0.486 e. The van der Waals surface area contributed by atoms with Gasteiger partial charge in [-0.25, -0.2) is 9.97 Å². The first-order valence-corrected chi connectivity index (χ1v) is 10.5. The molecule has 1 N–H and O–H groups in total. The van der Waals surface area contributed by atoms with E-state index in [1.807, 2.05) is 42.5 Å². The third kappa shape index (κ3) is 4.21. The summed E-state index contributed by atoms with van der Waals surface area (Å²) >= 11 is 0. The summed E-state index contributed by atoms with van der Waals surface area (Å²) in [6.45, 7) is -1.53. The number of benzene rings is 2. The van der Waals surface area contributed by atoms with Gasteiger partial charge in [0, 0.05) is 36.3 Å². The van der Waals surface area contributed by atoms with Crippen LogP contribution in [0.5, 0.6) is 11.5 Å². The number of fused-ring (bicyclic) bond motifs is 2. The van der Waals surface area contributed by atoms with E-state index in [-0.39, 0.29) is 24.7 Å². The Hall–Kier alpha value is -4.01. The number of alkyl halides is 2. The van der Waals surface area contributed by atoms with Gasteiger partial charge in [-0.1, -0.05) is 18.2 Å². The first kappa shape index (κ1) is 20.9. The molecule has 5 rings (SSSR count). The molecule has 1 aliphatic heterocycles. The second kappa shape index (κ2) is 8.85. The van der Waals surface area contributed by atoms with E-state index >= 15 is 0 Å². The molecule has 0 fully saturated rings. The maximum absolute atomic E-state index is 13.1. The Balaban J connectivity index is 1.42. The zero-order valence-electron chi connectivity index (χ0n) is 17.5. The molecule has 168 valence electrons. The maximum Gasteiger partial charge on any atom is 0.319 e. The van der Waals surface area contributed by atoms with Gasteiger partial charge in [-0.3, -0.25) is 9.36 Å². The van der Waals surface area contributed by atoms with Crippen LogP contribution in [0.4, 0.5) is 8.78 Å². The van der Waals surface area contributed by atoms with Gasteiger partial charge in [-0.15, -0.1) is 0 Å². The molecule has 0 saturated heterocycles.